The Morgan fingerprint density at radius 3 is 2.27 bits per heavy atom. The van der Waals surface area contributed by atoms with Crippen molar-refractivity contribution in [1.29, 1.82) is 0 Å². The van der Waals surface area contributed by atoms with Crippen LogP contribution in [0.5, 0.6) is 0 Å². The standard InChI is InChI=1S/C26H31F2N3O2.C2H6O2/c1-26(2,3)24(30-12-11-22(29)25(32)33)23-13-18(20-14-19(27)9-10-21(20)28)16-31(23)15-17-7-5-4-6-8-17;3-1-2-4/h4-10,13-14,16,22,24,30H,11-12,15,29H2,1-3H3,(H,32,33);3-4H,1-2H2/t22-,24-;/m0./s1. The molecule has 0 fully saturated rings. The molecule has 0 spiro atoms. The predicted octanol–water partition coefficient (Wildman–Crippen LogP) is 3.93. The molecule has 0 aliphatic carbocycles. The van der Waals surface area contributed by atoms with Crippen LogP contribution in [-0.2, 0) is 11.3 Å². The molecule has 0 radical (unpaired) electrons. The van der Waals surface area contributed by atoms with Gasteiger partial charge in [-0.3, -0.25) is 4.79 Å². The molecule has 0 bridgehead atoms. The number of carboxylic acids is 1. The highest BCUT2D eigenvalue weighted by Gasteiger charge is 2.30. The first-order valence-corrected chi connectivity index (χ1v) is 12.1. The van der Waals surface area contributed by atoms with E-state index in [9.17, 15) is 13.6 Å². The van der Waals surface area contributed by atoms with Crippen LogP contribution in [0.2, 0.25) is 0 Å². The number of halogens is 2. The number of nitrogens with zero attached hydrogens (tertiary/aromatic N) is 1. The first-order valence-electron chi connectivity index (χ1n) is 12.1. The molecule has 2 aromatic carbocycles. The van der Waals surface area contributed by atoms with Gasteiger partial charge in [0.25, 0.3) is 0 Å². The molecule has 0 aliphatic rings. The van der Waals surface area contributed by atoms with Crippen molar-refractivity contribution in [2.75, 3.05) is 19.8 Å². The minimum absolute atomic E-state index is 0.125. The van der Waals surface area contributed by atoms with Crippen molar-refractivity contribution in [2.24, 2.45) is 11.1 Å². The fourth-order valence-electron chi connectivity index (χ4n) is 3.92. The van der Waals surface area contributed by atoms with E-state index in [2.05, 4.69) is 26.1 Å². The van der Waals surface area contributed by atoms with Crippen LogP contribution in [0.1, 0.15) is 44.5 Å². The van der Waals surface area contributed by atoms with E-state index in [1.807, 2.05) is 47.2 Å². The van der Waals surface area contributed by atoms with Gasteiger partial charge in [-0.2, -0.15) is 0 Å². The van der Waals surface area contributed by atoms with Crippen molar-refractivity contribution in [2.45, 2.75) is 45.8 Å². The Kier molecular flexibility index (Phi) is 11.4. The fourth-order valence-corrected chi connectivity index (χ4v) is 3.92. The smallest absolute Gasteiger partial charge is 0.320 e. The zero-order valence-corrected chi connectivity index (χ0v) is 21.5. The van der Waals surface area contributed by atoms with Gasteiger partial charge in [0, 0.05) is 29.6 Å². The van der Waals surface area contributed by atoms with Gasteiger partial charge in [0.15, 0.2) is 0 Å². The summed E-state index contributed by atoms with van der Waals surface area (Å²) < 4.78 is 30.5. The second-order valence-corrected chi connectivity index (χ2v) is 9.83. The number of aliphatic hydroxyl groups excluding tert-OH is 2. The summed E-state index contributed by atoms with van der Waals surface area (Å²) in [7, 11) is 0. The molecule has 3 aromatic rings. The van der Waals surface area contributed by atoms with Crippen molar-refractivity contribution in [3.63, 3.8) is 0 Å². The minimum atomic E-state index is -1.04. The van der Waals surface area contributed by atoms with E-state index in [-0.39, 0.29) is 36.7 Å². The summed E-state index contributed by atoms with van der Waals surface area (Å²) in [4.78, 5) is 11.1. The van der Waals surface area contributed by atoms with E-state index >= 15 is 0 Å². The Morgan fingerprint density at radius 2 is 1.70 bits per heavy atom. The summed E-state index contributed by atoms with van der Waals surface area (Å²) >= 11 is 0. The molecule has 1 heterocycles. The number of carboxylic acid groups (broad SMARTS) is 1. The maximum Gasteiger partial charge on any atom is 0.320 e. The second kappa shape index (κ2) is 14.0. The average Bonchev–Trinajstić information content (AvgIpc) is 3.25. The van der Waals surface area contributed by atoms with E-state index < -0.39 is 23.6 Å². The van der Waals surface area contributed by atoms with Crippen LogP contribution in [-0.4, -0.2) is 51.7 Å². The maximum atomic E-state index is 14.6. The van der Waals surface area contributed by atoms with Crippen LogP contribution in [0.4, 0.5) is 8.78 Å². The third-order valence-electron chi connectivity index (χ3n) is 5.75. The van der Waals surface area contributed by atoms with Gasteiger partial charge in [0.2, 0.25) is 0 Å². The molecule has 0 saturated heterocycles. The van der Waals surface area contributed by atoms with Crippen molar-refractivity contribution >= 4 is 5.97 Å². The molecule has 0 aliphatic heterocycles. The lowest BCUT2D eigenvalue weighted by atomic mass is 9.84. The first kappa shape index (κ1) is 30.1. The minimum Gasteiger partial charge on any atom is -0.480 e. The monoisotopic (exact) mass is 517 g/mol. The van der Waals surface area contributed by atoms with Crippen molar-refractivity contribution in [3.05, 3.63) is 83.7 Å². The average molecular weight is 518 g/mol. The molecule has 1 aromatic heterocycles. The molecule has 0 unspecified atom stereocenters. The number of nitrogens with one attached hydrogen (secondary N) is 1. The lowest BCUT2D eigenvalue weighted by Gasteiger charge is -2.33. The zero-order chi connectivity index (χ0) is 27.6. The number of aliphatic carboxylic acids is 1. The van der Waals surface area contributed by atoms with Crippen LogP contribution in [0, 0.1) is 17.0 Å². The number of benzene rings is 2. The van der Waals surface area contributed by atoms with Crippen LogP contribution in [0.15, 0.2) is 60.8 Å². The van der Waals surface area contributed by atoms with Gasteiger partial charge < -0.3 is 30.9 Å². The molecular weight excluding hydrogens is 480 g/mol. The SMILES string of the molecule is CC(C)(C)[C@@H](NCC[C@H](N)C(=O)O)c1cc(-c2cc(F)ccc2F)cn1Cc1ccccc1.OCCO. The molecular formula is C28H37F2N3O4. The molecule has 2 atom stereocenters. The van der Waals surface area contributed by atoms with Gasteiger partial charge in [-0.1, -0.05) is 51.1 Å². The molecule has 37 heavy (non-hydrogen) atoms. The summed E-state index contributed by atoms with van der Waals surface area (Å²) in [5.41, 5.74) is 8.16. The van der Waals surface area contributed by atoms with Gasteiger partial charge in [-0.15, -0.1) is 0 Å². The normalized spacial score (nSPS) is 13.0. The molecule has 9 heteroatoms. The lowest BCUT2D eigenvalue weighted by Crippen LogP contribution is -2.38. The van der Waals surface area contributed by atoms with Crippen molar-refractivity contribution in [3.8, 4) is 11.1 Å². The van der Waals surface area contributed by atoms with E-state index in [1.54, 1.807) is 0 Å². The number of hydrogen-bond donors (Lipinski definition) is 5. The van der Waals surface area contributed by atoms with Gasteiger partial charge in [-0.25, -0.2) is 8.78 Å². The van der Waals surface area contributed by atoms with Gasteiger partial charge in [0.05, 0.1) is 19.3 Å². The van der Waals surface area contributed by atoms with Crippen LogP contribution in [0.25, 0.3) is 11.1 Å². The molecule has 0 amide bonds. The molecule has 202 valence electrons. The van der Waals surface area contributed by atoms with Crippen molar-refractivity contribution in [1.82, 2.24) is 9.88 Å². The van der Waals surface area contributed by atoms with Gasteiger partial charge in [-0.05, 0) is 48.2 Å². The third-order valence-corrected chi connectivity index (χ3v) is 5.75. The summed E-state index contributed by atoms with van der Waals surface area (Å²) in [5.74, 6) is -2.04. The van der Waals surface area contributed by atoms with Gasteiger partial charge >= 0.3 is 5.97 Å². The fraction of sp³-hybridized carbons (Fsp3) is 0.393. The second-order valence-electron chi connectivity index (χ2n) is 9.83. The van der Waals surface area contributed by atoms with Crippen LogP contribution >= 0.6 is 0 Å². The Bertz CT molecular complexity index is 1130. The number of rotatable bonds is 10. The van der Waals surface area contributed by atoms with Gasteiger partial charge in [0.1, 0.15) is 17.7 Å². The number of carbonyl (C=O) groups is 1. The number of aliphatic hydroxyl groups is 2. The highest BCUT2D eigenvalue weighted by atomic mass is 19.1. The molecule has 7 nitrogen and oxygen atoms in total. The molecule has 3 rings (SSSR count). The molecule has 6 N–H and O–H groups in total. The van der Waals surface area contributed by atoms with E-state index in [0.717, 1.165) is 23.4 Å². The summed E-state index contributed by atoms with van der Waals surface area (Å²) in [5, 5.41) is 27.8. The topological polar surface area (TPSA) is 121 Å². The van der Waals surface area contributed by atoms with E-state index in [0.29, 0.717) is 18.7 Å². The first-order chi connectivity index (χ1) is 17.5. The Hall–Kier alpha value is -3.11. The van der Waals surface area contributed by atoms with Crippen LogP contribution < -0.4 is 11.1 Å². The van der Waals surface area contributed by atoms with Crippen molar-refractivity contribution < 1.29 is 28.9 Å². The highest BCUT2D eigenvalue weighted by molar-refractivity contribution is 5.73. The zero-order valence-electron chi connectivity index (χ0n) is 21.5. The Balaban J connectivity index is 0.00000112. The highest BCUT2D eigenvalue weighted by Crippen LogP contribution is 2.37. The number of aromatic nitrogens is 1. The quantitative estimate of drug-likeness (QED) is 0.278. The predicted molar refractivity (Wildman–Crippen MR) is 140 cm³/mol. The number of nitrogens with two attached hydrogens (primary N) is 1. The lowest BCUT2D eigenvalue weighted by molar-refractivity contribution is -0.138. The van der Waals surface area contributed by atoms with E-state index in [1.165, 1.54) is 6.07 Å². The summed E-state index contributed by atoms with van der Waals surface area (Å²) in [6, 6.07) is 14.1. The van der Waals surface area contributed by atoms with Crippen LogP contribution in [0.3, 0.4) is 0 Å². The Labute approximate surface area is 216 Å². The summed E-state index contributed by atoms with van der Waals surface area (Å²) in [6.45, 7) is 6.92. The summed E-state index contributed by atoms with van der Waals surface area (Å²) in [6.07, 6.45) is 2.11. The Morgan fingerprint density at radius 1 is 1.05 bits per heavy atom. The molecule has 0 saturated carbocycles. The van der Waals surface area contributed by atoms with E-state index in [4.69, 9.17) is 21.1 Å². The number of hydrogen-bond acceptors (Lipinski definition) is 5. The maximum absolute atomic E-state index is 14.6. The largest absolute Gasteiger partial charge is 0.480 e. The third kappa shape index (κ3) is 9.05.